The lowest BCUT2D eigenvalue weighted by Crippen LogP contribution is -2.32. The zero-order chi connectivity index (χ0) is 13.8. The molecule has 6 nitrogen and oxygen atoms in total. The fraction of sp³-hybridized carbons (Fsp3) is 0.636. The number of amides is 1. The Bertz CT molecular complexity index is 407. The molecule has 0 aromatic carbocycles. The average Bonchev–Trinajstić information content (AvgIpc) is 2.73. The van der Waals surface area contributed by atoms with Gasteiger partial charge in [-0.05, 0) is 24.4 Å². The van der Waals surface area contributed by atoms with E-state index >= 15 is 0 Å². The summed E-state index contributed by atoms with van der Waals surface area (Å²) in [6.45, 7) is 4.69. The van der Waals surface area contributed by atoms with Gasteiger partial charge in [0.05, 0.1) is 6.61 Å². The van der Waals surface area contributed by atoms with E-state index < -0.39 is 5.91 Å². The normalized spacial score (nSPS) is 11.5. The summed E-state index contributed by atoms with van der Waals surface area (Å²) < 4.78 is 3.91. The zero-order valence-corrected chi connectivity index (χ0v) is 11.5. The third-order valence-corrected chi connectivity index (χ3v) is 4.24. The summed E-state index contributed by atoms with van der Waals surface area (Å²) in [4.78, 5) is 11.3. The molecule has 0 aliphatic rings. The van der Waals surface area contributed by atoms with Gasteiger partial charge in [-0.2, -0.15) is 4.37 Å². The van der Waals surface area contributed by atoms with Gasteiger partial charge < -0.3 is 21.9 Å². The number of aliphatic hydroxyl groups is 1. The highest BCUT2D eigenvalue weighted by Gasteiger charge is 2.26. The van der Waals surface area contributed by atoms with Crippen molar-refractivity contribution in [3.8, 4) is 0 Å². The number of hydrogen-bond acceptors (Lipinski definition) is 6. The van der Waals surface area contributed by atoms with Gasteiger partial charge in [0.1, 0.15) is 10.6 Å². The van der Waals surface area contributed by atoms with Crippen LogP contribution in [0.25, 0.3) is 0 Å². The predicted molar refractivity (Wildman–Crippen MR) is 73.6 cm³/mol. The predicted octanol–water partition coefficient (Wildman–Crippen LogP) is 1.03. The summed E-state index contributed by atoms with van der Waals surface area (Å²) in [7, 11) is 0. The van der Waals surface area contributed by atoms with Crippen molar-refractivity contribution in [3.05, 3.63) is 5.56 Å². The SMILES string of the molecule is CCC(CC)(CO)CNc1snc(N)c1C(N)=O. The smallest absolute Gasteiger partial charge is 0.255 e. The van der Waals surface area contributed by atoms with Crippen molar-refractivity contribution in [1.82, 2.24) is 4.37 Å². The van der Waals surface area contributed by atoms with Gasteiger partial charge in [0.25, 0.3) is 5.91 Å². The fourth-order valence-corrected chi connectivity index (χ4v) is 2.42. The minimum atomic E-state index is -0.591. The van der Waals surface area contributed by atoms with E-state index in [0.717, 1.165) is 24.4 Å². The van der Waals surface area contributed by atoms with Crippen molar-refractivity contribution in [3.63, 3.8) is 0 Å². The van der Waals surface area contributed by atoms with Gasteiger partial charge in [-0.15, -0.1) is 0 Å². The van der Waals surface area contributed by atoms with E-state index in [1.807, 2.05) is 13.8 Å². The van der Waals surface area contributed by atoms with E-state index in [0.29, 0.717) is 11.5 Å². The zero-order valence-electron chi connectivity index (χ0n) is 10.7. The van der Waals surface area contributed by atoms with Crippen molar-refractivity contribution in [2.24, 2.45) is 11.1 Å². The topological polar surface area (TPSA) is 114 Å². The van der Waals surface area contributed by atoms with Crippen LogP contribution in [0.5, 0.6) is 0 Å². The van der Waals surface area contributed by atoms with Crippen molar-refractivity contribution >= 4 is 28.3 Å². The van der Waals surface area contributed by atoms with Crippen LogP contribution in [0.2, 0.25) is 0 Å². The summed E-state index contributed by atoms with van der Waals surface area (Å²) in [6, 6.07) is 0. The molecule has 1 aromatic rings. The third kappa shape index (κ3) is 2.91. The Morgan fingerprint density at radius 2 is 2.11 bits per heavy atom. The molecule has 0 radical (unpaired) electrons. The lowest BCUT2D eigenvalue weighted by Gasteiger charge is -2.29. The lowest BCUT2D eigenvalue weighted by molar-refractivity contribution is 0.100. The molecule has 0 saturated carbocycles. The number of anilines is 2. The minimum absolute atomic E-state index is 0.0905. The van der Waals surface area contributed by atoms with Gasteiger partial charge >= 0.3 is 0 Å². The maximum absolute atomic E-state index is 11.3. The second-order valence-electron chi connectivity index (χ2n) is 4.35. The number of nitrogens with zero attached hydrogens (tertiary/aromatic N) is 1. The Kier molecular flexibility index (Phi) is 4.92. The first-order valence-corrected chi connectivity index (χ1v) is 6.66. The lowest BCUT2D eigenvalue weighted by atomic mass is 9.83. The molecule has 0 fully saturated rings. The van der Waals surface area contributed by atoms with Crippen LogP contribution in [0, 0.1) is 5.41 Å². The Morgan fingerprint density at radius 3 is 2.56 bits per heavy atom. The number of aromatic nitrogens is 1. The van der Waals surface area contributed by atoms with Crippen LogP contribution >= 0.6 is 11.5 Å². The molecule has 7 heteroatoms. The van der Waals surface area contributed by atoms with Gasteiger partial charge in [-0.3, -0.25) is 4.79 Å². The largest absolute Gasteiger partial charge is 0.396 e. The molecule has 1 aromatic heterocycles. The average molecular weight is 272 g/mol. The van der Waals surface area contributed by atoms with Gasteiger partial charge in [-0.25, -0.2) is 0 Å². The Hall–Kier alpha value is -1.34. The van der Waals surface area contributed by atoms with E-state index in [9.17, 15) is 9.90 Å². The molecular weight excluding hydrogens is 252 g/mol. The Balaban J connectivity index is 2.83. The van der Waals surface area contributed by atoms with Crippen LogP contribution in [-0.2, 0) is 0 Å². The van der Waals surface area contributed by atoms with E-state index in [4.69, 9.17) is 11.5 Å². The van der Waals surface area contributed by atoms with E-state index in [-0.39, 0.29) is 23.4 Å². The number of carbonyl (C=O) groups excluding carboxylic acids is 1. The molecule has 0 spiro atoms. The maximum atomic E-state index is 11.3. The van der Waals surface area contributed by atoms with Crippen LogP contribution in [0.3, 0.4) is 0 Å². The number of nitrogen functional groups attached to an aromatic ring is 1. The summed E-state index contributed by atoms with van der Waals surface area (Å²) in [5.41, 5.74) is 10.9. The fourth-order valence-electron chi connectivity index (χ4n) is 1.71. The maximum Gasteiger partial charge on any atom is 0.255 e. The third-order valence-electron chi connectivity index (χ3n) is 3.42. The highest BCUT2D eigenvalue weighted by Crippen LogP contribution is 2.30. The van der Waals surface area contributed by atoms with E-state index in [2.05, 4.69) is 9.69 Å². The van der Waals surface area contributed by atoms with E-state index in [1.54, 1.807) is 0 Å². The van der Waals surface area contributed by atoms with Gasteiger partial charge in [0, 0.05) is 12.0 Å². The summed E-state index contributed by atoms with van der Waals surface area (Å²) in [6.07, 6.45) is 1.68. The van der Waals surface area contributed by atoms with E-state index in [1.165, 1.54) is 0 Å². The summed E-state index contributed by atoms with van der Waals surface area (Å²) >= 11 is 1.11. The molecule has 0 bridgehead atoms. The van der Waals surface area contributed by atoms with Crippen molar-refractivity contribution in [1.29, 1.82) is 0 Å². The number of hydrogen-bond donors (Lipinski definition) is 4. The van der Waals surface area contributed by atoms with Crippen LogP contribution in [0.4, 0.5) is 10.8 Å². The first kappa shape index (κ1) is 14.7. The molecule has 1 heterocycles. The molecule has 0 aliphatic carbocycles. The summed E-state index contributed by atoms with van der Waals surface area (Å²) in [5, 5.41) is 13.2. The number of nitrogens with two attached hydrogens (primary N) is 2. The highest BCUT2D eigenvalue weighted by atomic mass is 32.1. The second-order valence-corrected chi connectivity index (χ2v) is 5.13. The van der Waals surface area contributed by atoms with Gasteiger partial charge in [-0.1, -0.05) is 13.8 Å². The van der Waals surface area contributed by atoms with Crippen LogP contribution in [-0.4, -0.2) is 28.5 Å². The van der Waals surface area contributed by atoms with Crippen molar-refractivity contribution in [2.45, 2.75) is 26.7 Å². The standard InChI is InChI=1S/C11H20N4O2S/c1-3-11(4-2,6-16)5-14-10-7(9(13)17)8(12)15-18-10/h14,16H,3-6H2,1-2H3,(H2,12,15)(H2,13,17). The van der Waals surface area contributed by atoms with Crippen LogP contribution in [0.1, 0.15) is 37.0 Å². The molecule has 0 aliphatic heterocycles. The molecule has 1 amide bonds. The number of carbonyl (C=O) groups is 1. The second kappa shape index (κ2) is 6.01. The van der Waals surface area contributed by atoms with Crippen molar-refractivity contribution in [2.75, 3.05) is 24.2 Å². The van der Waals surface area contributed by atoms with Crippen LogP contribution < -0.4 is 16.8 Å². The first-order chi connectivity index (χ1) is 8.49. The Labute approximate surface area is 111 Å². The molecule has 1 rings (SSSR count). The number of aliphatic hydroxyl groups excluding tert-OH is 1. The van der Waals surface area contributed by atoms with Gasteiger partial charge in [0.2, 0.25) is 0 Å². The molecular formula is C11H20N4O2S. The molecule has 18 heavy (non-hydrogen) atoms. The molecule has 0 saturated heterocycles. The molecule has 0 atom stereocenters. The van der Waals surface area contributed by atoms with Crippen LogP contribution in [0.15, 0.2) is 0 Å². The molecule has 6 N–H and O–H groups in total. The minimum Gasteiger partial charge on any atom is -0.396 e. The summed E-state index contributed by atoms with van der Waals surface area (Å²) in [5.74, 6) is -0.441. The first-order valence-electron chi connectivity index (χ1n) is 5.89. The highest BCUT2D eigenvalue weighted by molar-refractivity contribution is 7.11. The monoisotopic (exact) mass is 272 g/mol. The molecule has 0 unspecified atom stereocenters. The quantitative estimate of drug-likeness (QED) is 0.592. The van der Waals surface area contributed by atoms with Gasteiger partial charge in [0.15, 0.2) is 5.82 Å². The molecule has 102 valence electrons. The number of primary amides is 1. The Morgan fingerprint density at radius 1 is 1.50 bits per heavy atom. The van der Waals surface area contributed by atoms with Crippen molar-refractivity contribution < 1.29 is 9.90 Å². The number of nitrogens with one attached hydrogen (secondary N) is 1. The number of rotatable bonds is 7.